The molecule has 0 unspecified atom stereocenters. The molecule has 0 bridgehead atoms. The SMILES string of the molecule is CC[C@@H](N)c1ccc(F)cc1.Cl. The molecule has 1 atom stereocenters. The fraction of sp³-hybridized carbons (Fsp3) is 0.333. The van der Waals surface area contributed by atoms with Gasteiger partial charge in [-0.15, -0.1) is 12.4 Å². The van der Waals surface area contributed by atoms with Crippen LogP contribution in [0.2, 0.25) is 0 Å². The van der Waals surface area contributed by atoms with Crippen LogP contribution >= 0.6 is 12.4 Å². The Hall–Kier alpha value is -0.600. The fourth-order valence-electron chi connectivity index (χ4n) is 0.946. The van der Waals surface area contributed by atoms with Crippen molar-refractivity contribution in [1.82, 2.24) is 0 Å². The van der Waals surface area contributed by atoms with Gasteiger partial charge in [0.25, 0.3) is 0 Å². The van der Waals surface area contributed by atoms with Gasteiger partial charge in [0.2, 0.25) is 0 Å². The second kappa shape index (κ2) is 5.12. The van der Waals surface area contributed by atoms with Crippen molar-refractivity contribution in [1.29, 1.82) is 0 Å². The average molecular weight is 190 g/mol. The van der Waals surface area contributed by atoms with Crippen LogP contribution in [0.15, 0.2) is 24.3 Å². The summed E-state index contributed by atoms with van der Waals surface area (Å²) in [6.07, 6.45) is 0.881. The Bertz CT molecular complexity index is 222. The van der Waals surface area contributed by atoms with Crippen LogP contribution in [0.1, 0.15) is 24.9 Å². The minimum Gasteiger partial charge on any atom is -0.324 e. The number of rotatable bonds is 2. The van der Waals surface area contributed by atoms with E-state index in [0.29, 0.717) is 0 Å². The van der Waals surface area contributed by atoms with Crippen LogP contribution in [-0.4, -0.2) is 0 Å². The maximum atomic E-state index is 12.4. The molecule has 0 saturated carbocycles. The van der Waals surface area contributed by atoms with Crippen molar-refractivity contribution >= 4 is 12.4 Å². The smallest absolute Gasteiger partial charge is 0.123 e. The summed E-state index contributed by atoms with van der Waals surface area (Å²) in [7, 11) is 0. The summed E-state index contributed by atoms with van der Waals surface area (Å²) < 4.78 is 12.4. The van der Waals surface area contributed by atoms with E-state index in [9.17, 15) is 4.39 Å². The van der Waals surface area contributed by atoms with Gasteiger partial charge in [0.15, 0.2) is 0 Å². The molecule has 0 aliphatic rings. The van der Waals surface area contributed by atoms with E-state index in [1.165, 1.54) is 12.1 Å². The van der Waals surface area contributed by atoms with E-state index in [0.717, 1.165) is 12.0 Å². The zero-order valence-corrected chi connectivity index (χ0v) is 7.77. The van der Waals surface area contributed by atoms with Crippen molar-refractivity contribution < 1.29 is 4.39 Å². The summed E-state index contributed by atoms with van der Waals surface area (Å²) >= 11 is 0. The molecule has 0 amide bonds. The predicted molar refractivity (Wildman–Crippen MR) is 50.9 cm³/mol. The van der Waals surface area contributed by atoms with E-state index in [1.807, 2.05) is 6.92 Å². The lowest BCUT2D eigenvalue weighted by molar-refractivity contribution is 0.623. The van der Waals surface area contributed by atoms with Crippen LogP contribution in [0, 0.1) is 5.82 Å². The molecule has 1 rings (SSSR count). The van der Waals surface area contributed by atoms with Crippen LogP contribution in [0.25, 0.3) is 0 Å². The molecule has 3 heteroatoms. The third-order valence-corrected chi connectivity index (χ3v) is 1.74. The first-order valence-electron chi connectivity index (χ1n) is 3.75. The van der Waals surface area contributed by atoms with Gasteiger partial charge in [-0.2, -0.15) is 0 Å². The molecule has 0 heterocycles. The Morgan fingerprint density at radius 2 is 1.83 bits per heavy atom. The monoisotopic (exact) mass is 189 g/mol. The molecule has 0 aromatic heterocycles. The van der Waals surface area contributed by atoms with Gasteiger partial charge >= 0.3 is 0 Å². The number of hydrogen-bond donors (Lipinski definition) is 1. The highest BCUT2D eigenvalue weighted by Crippen LogP contribution is 2.13. The van der Waals surface area contributed by atoms with Crippen molar-refractivity contribution in [3.8, 4) is 0 Å². The Balaban J connectivity index is 0.00000121. The molecule has 1 nitrogen and oxygen atoms in total. The largest absolute Gasteiger partial charge is 0.324 e. The standard InChI is InChI=1S/C9H12FN.ClH/c1-2-9(11)7-3-5-8(10)6-4-7;/h3-6,9H,2,11H2,1H3;1H/t9-;/m1./s1. The third kappa shape index (κ3) is 2.80. The predicted octanol–water partition coefficient (Wildman–Crippen LogP) is 2.66. The zero-order valence-electron chi connectivity index (χ0n) is 6.96. The maximum absolute atomic E-state index is 12.4. The normalized spacial score (nSPS) is 11.9. The lowest BCUT2D eigenvalue weighted by Crippen LogP contribution is -2.08. The van der Waals surface area contributed by atoms with Gasteiger partial charge in [-0.05, 0) is 24.1 Å². The molecule has 1 aromatic rings. The van der Waals surface area contributed by atoms with E-state index in [2.05, 4.69) is 0 Å². The second-order valence-corrected chi connectivity index (χ2v) is 2.57. The summed E-state index contributed by atoms with van der Waals surface area (Å²) in [6.45, 7) is 2.01. The highest BCUT2D eigenvalue weighted by molar-refractivity contribution is 5.85. The van der Waals surface area contributed by atoms with Crippen LogP contribution < -0.4 is 5.73 Å². The molecule has 2 N–H and O–H groups in total. The van der Waals surface area contributed by atoms with Gasteiger partial charge in [0, 0.05) is 6.04 Å². The average Bonchev–Trinajstić information content (AvgIpc) is 2.05. The van der Waals surface area contributed by atoms with Crippen molar-refractivity contribution in [2.75, 3.05) is 0 Å². The first kappa shape index (κ1) is 11.4. The van der Waals surface area contributed by atoms with Crippen molar-refractivity contribution in [3.63, 3.8) is 0 Å². The minimum absolute atomic E-state index is 0. The Morgan fingerprint density at radius 3 is 2.25 bits per heavy atom. The topological polar surface area (TPSA) is 26.0 Å². The molecule has 68 valence electrons. The van der Waals surface area contributed by atoms with Gasteiger partial charge < -0.3 is 5.73 Å². The first-order chi connectivity index (χ1) is 5.24. The van der Waals surface area contributed by atoms with Gasteiger partial charge in [0.05, 0.1) is 0 Å². The molecule has 0 aliphatic carbocycles. The number of benzene rings is 1. The van der Waals surface area contributed by atoms with Crippen LogP contribution in [0.3, 0.4) is 0 Å². The number of hydrogen-bond acceptors (Lipinski definition) is 1. The lowest BCUT2D eigenvalue weighted by Gasteiger charge is -2.07. The Kier molecular flexibility index (Phi) is 4.86. The summed E-state index contributed by atoms with van der Waals surface area (Å²) in [6, 6.07) is 6.36. The van der Waals surface area contributed by atoms with Gasteiger partial charge in [0.1, 0.15) is 5.82 Å². The van der Waals surface area contributed by atoms with Crippen molar-refractivity contribution in [2.24, 2.45) is 5.73 Å². The molecule has 0 aliphatic heterocycles. The third-order valence-electron chi connectivity index (χ3n) is 1.74. The molecular weight excluding hydrogens is 177 g/mol. The molecule has 0 radical (unpaired) electrons. The van der Waals surface area contributed by atoms with Crippen molar-refractivity contribution in [2.45, 2.75) is 19.4 Å². The zero-order chi connectivity index (χ0) is 8.27. The maximum Gasteiger partial charge on any atom is 0.123 e. The van der Waals surface area contributed by atoms with Crippen LogP contribution in [0.4, 0.5) is 4.39 Å². The van der Waals surface area contributed by atoms with E-state index in [1.54, 1.807) is 12.1 Å². The summed E-state index contributed by atoms with van der Waals surface area (Å²) in [5.74, 6) is -0.211. The second-order valence-electron chi connectivity index (χ2n) is 2.57. The summed E-state index contributed by atoms with van der Waals surface area (Å²) in [5, 5.41) is 0. The number of nitrogens with two attached hydrogens (primary N) is 1. The quantitative estimate of drug-likeness (QED) is 0.761. The minimum atomic E-state index is -0.211. The molecule has 0 fully saturated rings. The molecule has 0 spiro atoms. The van der Waals surface area contributed by atoms with Crippen molar-refractivity contribution in [3.05, 3.63) is 35.6 Å². The van der Waals surface area contributed by atoms with Gasteiger partial charge in [-0.3, -0.25) is 0 Å². The molecule has 0 saturated heterocycles. The van der Waals surface area contributed by atoms with Gasteiger partial charge in [-0.25, -0.2) is 4.39 Å². The highest BCUT2D eigenvalue weighted by Gasteiger charge is 2.01. The van der Waals surface area contributed by atoms with E-state index in [4.69, 9.17) is 5.73 Å². The van der Waals surface area contributed by atoms with Crippen LogP contribution in [-0.2, 0) is 0 Å². The molecule has 1 aromatic carbocycles. The Morgan fingerprint density at radius 1 is 1.33 bits per heavy atom. The van der Waals surface area contributed by atoms with E-state index >= 15 is 0 Å². The van der Waals surface area contributed by atoms with E-state index < -0.39 is 0 Å². The molecular formula is C9H13ClFN. The number of halogens is 2. The van der Waals surface area contributed by atoms with Gasteiger partial charge in [-0.1, -0.05) is 19.1 Å². The first-order valence-corrected chi connectivity index (χ1v) is 3.75. The fourth-order valence-corrected chi connectivity index (χ4v) is 0.946. The summed E-state index contributed by atoms with van der Waals surface area (Å²) in [4.78, 5) is 0. The molecule has 12 heavy (non-hydrogen) atoms. The summed E-state index contributed by atoms with van der Waals surface area (Å²) in [5.41, 5.74) is 6.72. The lowest BCUT2D eigenvalue weighted by atomic mass is 10.1. The van der Waals surface area contributed by atoms with Crippen LogP contribution in [0.5, 0.6) is 0 Å². The highest BCUT2D eigenvalue weighted by atomic mass is 35.5. The van der Waals surface area contributed by atoms with E-state index in [-0.39, 0.29) is 24.3 Å². The Labute approximate surface area is 78.2 Å².